The van der Waals surface area contributed by atoms with Crippen molar-refractivity contribution >= 4 is 27.9 Å². The molecule has 1 fully saturated rings. The molecule has 6 heteroatoms. The molecule has 3 aromatic carbocycles. The van der Waals surface area contributed by atoms with Crippen molar-refractivity contribution in [3.05, 3.63) is 102 Å². The minimum Gasteiger partial charge on any atom is -0.337 e. The summed E-state index contributed by atoms with van der Waals surface area (Å²) < 4.78 is 15.6. The first-order chi connectivity index (χ1) is 17.0. The second kappa shape index (κ2) is 12.3. The largest absolute Gasteiger partial charge is 0.337 e. The monoisotopic (exact) mass is 538 g/mol. The van der Waals surface area contributed by atoms with Gasteiger partial charge in [0.1, 0.15) is 12.4 Å². The summed E-state index contributed by atoms with van der Waals surface area (Å²) in [6.45, 7) is 5.00. The van der Waals surface area contributed by atoms with Gasteiger partial charge in [0.2, 0.25) is 0 Å². The Morgan fingerprint density at radius 1 is 0.914 bits per heavy atom. The van der Waals surface area contributed by atoms with Gasteiger partial charge in [0.25, 0.3) is 0 Å². The Bertz CT molecular complexity index is 1050. The topological polar surface area (TPSA) is 32.3 Å². The minimum atomic E-state index is -0.324. The van der Waals surface area contributed by atoms with Crippen LogP contribution in [0.4, 0.5) is 14.9 Å². The van der Waals surface area contributed by atoms with Crippen molar-refractivity contribution in [1.82, 2.24) is 5.32 Å². The highest BCUT2D eigenvalue weighted by molar-refractivity contribution is 9.10. The number of quaternary nitrogens is 1. The number of likely N-dealkylation sites (tertiary alicyclic amines) is 1. The van der Waals surface area contributed by atoms with Crippen LogP contribution in [0, 0.1) is 11.7 Å². The van der Waals surface area contributed by atoms with Crippen molar-refractivity contribution < 1.29 is 13.7 Å². The molecule has 35 heavy (non-hydrogen) atoms. The zero-order valence-corrected chi connectivity index (χ0v) is 21.7. The third-order valence-electron chi connectivity index (χ3n) is 7.07. The highest BCUT2D eigenvalue weighted by Gasteiger charge is 2.33. The Labute approximate surface area is 216 Å². The van der Waals surface area contributed by atoms with Gasteiger partial charge in [0.15, 0.2) is 0 Å². The first-order valence-electron chi connectivity index (χ1n) is 12.5. The molecule has 1 N–H and O–H groups in total. The number of nitrogens with zero attached hydrogens (tertiary/aromatic N) is 2. The highest BCUT2D eigenvalue weighted by Crippen LogP contribution is 2.29. The van der Waals surface area contributed by atoms with Gasteiger partial charge in [-0.05, 0) is 55.0 Å². The quantitative estimate of drug-likeness (QED) is 0.183. The lowest BCUT2D eigenvalue weighted by atomic mass is 9.88. The molecule has 0 unspecified atom stereocenters. The van der Waals surface area contributed by atoms with E-state index in [4.69, 9.17) is 0 Å². The van der Waals surface area contributed by atoms with Gasteiger partial charge in [-0.1, -0.05) is 60.7 Å². The molecule has 3 aromatic rings. The number of carbonyl (C=O) groups is 1. The lowest BCUT2D eigenvalue weighted by Crippen LogP contribution is -2.53. The van der Waals surface area contributed by atoms with Crippen LogP contribution < -0.4 is 9.24 Å². The van der Waals surface area contributed by atoms with Crippen LogP contribution in [-0.4, -0.2) is 36.7 Å². The van der Waals surface area contributed by atoms with Crippen molar-refractivity contribution in [3.8, 4) is 0 Å². The summed E-state index contributed by atoms with van der Waals surface area (Å²) in [4.78, 5) is 12.5. The molecular weight excluding hydrogens is 505 g/mol. The number of benzene rings is 3. The second-order valence-electron chi connectivity index (χ2n) is 9.63. The third kappa shape index (κ3) is 7.39. The molecule has 0 saturated carbocycles. The van der Waals surface area contributed by atoms with Gasteiger partial charge in [0.05, 0.1) is 41.5 Å². The Morgan fingerprint density at radius 2 is 1.51 bits per heavy atom. The van der Waals surface area contributed by atoms with Crippen LogP contribution in [0.1, 0.15) is 30.4 Å². The molecule has 184 valence electrons. The molecule has 0 radical (unpaired) electrons. The summed E-state index contributed by atoms with van der Waals surface area (Å²) in [6.07, 6.45) is 4.53. The van der Waals surface area contributed by atoms with E-state index >= 15 is 0 Å². The molecule has 1 aliphatic rings. The lowest BCUT2D eigenvalue weighted by molar-refractivity contribution is -0.946. The van der Waals surface area contributed by atoms with E-state index in [-0.39, 0.29) is 11.8 Å². The molecule has 1 aliphatic heterocycles. The van der Waals surface area contributed by atoms with E-state index in [0.717, 1.165) is 36.3 Å². The number of carbonyl (C=O) groups excluding carboxylic acids is 1. The fraction of sp³-hybridized carbons (Fsp3) is 0.345. The van der Waals surface area contributed by atoms with E-state index in [0.29, 0.717) is 12.2 Å². The number of hydrogen-bond donors (Lipinski definition) is 1. The molecule has 4 nitrogen and oxygen atoms in total. The van der Waals surface area contributed by atoms with E-state index in [1.165, 1.54) is 53.1 Å². The maximum atomic E-state index is 13.2. The minimum absolute atomic E-state index is 0.243. The van der Waals surface area contributed by atoms with Crippen LogP contribution in [0.25, 0.3) is 0 Å². The molecular formula is C29H34BrFN3O+. The number of halogens is 2. The maximum absolute atomic E-state index is 13.2. The average Bonchev–Trinajstić information content (AvgIpc) is 2.89. The van der Waals surface area contributed by atoms with Gasteiger partial charge < -0.3 is 9.80 Å². The first kappa shape index (κ1) is 25.4. The maximum Gasteiger partial charge on any atom is 0.332 e. The Hall–Kier alpha value is -2.70. The fourth-order valence-corrected chi connectivity index (χ4v) is 5.48. The molecule has 4 rings (SSSR count). The summed E-state index contributed by atoms with van der Waals surface area (Å²) in [6, 6.07) is 27.2. The SMILES string of the molecule is O=C(NCCC[N+]1(Cc2ccccc2)CCC(Cc2ccccc2)CC1)N(Br)c1ccc(F)cc1. The second-order valence-corrected chi connectivity index (χ2v) is 10.3. The molecule has 2 amide bonds. The van der Waals surface area contributed by atoms with Crippen molar-refractivity contribution in [2.75, 3.05) is 30.1 Å². The van der Waals surface area contributed by atoms with Crippen molar-refractivity contribution in [3.63, 3.8) is 0 Å². The molecule has 0 aliphatic carbocycles. The van der Waals surface area contributed by atoms with Gasteiger partial charge in [-0.15, -0.1) is 0 Å². The van der Waals surface area contributed by atoms with E-state index in [2.05, 4.69) is 82.1 Å². The van der Waals surface area contributed by atoms with Crippen LogP contribution in [0.5, 0.6) is 0 Å². The Kier molecular flexibility index (Phi) is 8.94. The zero-order chi connectivity index (χ0) is 24.5. The Balaban J connectivity index is 1.31. The smallest absolute Gasteiger partial charge is 0.332 e. The predicted molar refractivity (Wildman–Crippen MR) is 144 cm³/mol. The standard InChI is InChI=1S/C29H33BrFN3O/c30-33(28-14-12-27(31)13-15-28)29(35)32-18-7-19-34(23-26-10-5-2-6-11-26)20-16-25(17-21-34)22-24-8-3-1-4-9-24/h1-6,8-15,25H,7,16-23H2/p+1. The number of rotatable bonds is 9. The first-order valence-corrected chi connectivity index (χ1v) is 13.2. The number of hydrogen-bond acceptors (Lipinski definition) is 1. The Morgan fingerprint density at radius 3 is 2.14 bits per heavy atom. The highest BCUT2D eigenvalue weighted by atomic mass is 79.9. The lowest BCUT2D eigenvalue weighted by Gasteiger charge is -2.44. The van der Waals surface area contributed by atoms with E-state index in [1.807, 2.05) is 0 Å². The molecule has 0 spiro atoms. The van der Waals surface area contributed by atoms with E-state index < -0.39 is 0 Å². The van der Waals surface area contributed by atoms with Crippen LogP contribution in [0.3, 0.4) is 0 Å². The molecule has 0 bridgehead atoms. The summed E-state index contributed by atoms with van der Waals surface area (Å²) >= 11 is 3.29. The summed E-state index contributed by atoms with van der Waals surface area (Å²) in [7, 11) is 0. The average molecular weight is 540 g/mol. The molecule has 1 saturated heterocycles. The van der Waals surface area contributed by atoms with Crippen LogP contribution in [-0.2, 0) is 13.0 Å². The zero-order valence-electron chi connectivity index (χ0n) is 20.1. The molecule has 0 atom stereocenters. The van der Waals surface area contributed by atoms with Gasteiger partial charge in [-0.2, -0.15) is 0 Å². The number of piperidine rings is 1. The predicted octanol–water partition coefficient (Wildman–Crippen LogP) is 6.71. The molecule has 0 aromatic heterocycles. The molecule has 1 heterocycles. The van der Waals surface area contributed by atoms with E-state index in [1.54, 1.807) is 12.1 Å². The summed E-state index contributed by atoms with van der Waals surface area (Å²) in [5.74, 6) is 0.409. The van der Waals surface area contributed by atoms with Crippen molar-refractivity contribution in [2.24, 2.45) is 5.92 Å². The normalized spacial score (nSPS) is 19.8. The van der Waals surface area contributed by atoms with Crippen molar-refractivity contribution in [1.29, 1.82) is 0 Å². The summed E-state index contributed by atoms with van der Waals surface area (Å²) in [5.41, 5.74) is 3.40. The van der Waals surface area contributed by atoms with E-state index in [9.17, 15) is 9.18 Å². The number of nitrogens with one attached hydrogen (secondary N) is 1. The number of urea groups is 1. The summed E-state index contributed by atoms with van der Waals surface area (Å²) in [5, 5.41) is 2.99. The van der Waals surface area contributed by atoms with Gasteiger partial charge in [-0.3, -0.25) is 0 Å². The fourth-order valence-electron chi connectivity index (χ4n) is 5.12. The number of amides is 2. The van der Waals surface area contributed by atoms with Crippen LogP contribution >= 0.6 is 16.1 Å². The van der Waals surface area contributed by atoms with Crippen molar-refractivity contribution in [2.45, 2.75) is 32.2 Å². The third-order valence-corrected chi connectivity index (χ3v) is 7.80. The van der Waals surface area contributed by atoms with Crippen LogP contribution in [0.2, 0.25) is 0 Å². The van der Waals surface area contributed by atoms with Gasteiger partial charge >= 0.3 is 6.03 Å². The van der Waals surface area contributed by atoms with Gasteiger partial charge in [0, 0.05) is 18.5 Å². The number of anilines is 1. The van der Waals surface area contributed by atoms with Gasteiger partial charge in [-0.25, -0.2) is 13.1 Å². The van der Waals surface area contributed by atoms with Crippen LogP contribution in [0.15, 0.2) is 84.9 Å².